The molecule has 4 rings (SSSR count). The maximum atomic E-state index is 12.5. The molecule has 0 radical (unpaired) electrons. The summed E-state index contributed by atoms with van der Waals surface area (Å²) in [5, 5.41) is 4.80. The van der Waals surface area contributed by atoms with E-state index in [2.05, 4.69) is 27.4 Å². The van der Waals surface area contributed by atoms with Gasteiger partial charge in [0.2, 0.25) is 5.91 Å². The number of carbonyl (C=O) groups is 1. The molecule has 2 heterocycles. The van der Waals surface area contributed by atoms with Crippen LogP contribution in [0.25, 0.3) is 20.3 Å². The number of benzene rings is 2. The molecule has 0 fully saturated rings. The van der Waals surface area contributed by atoms with Crippen LogP contribution in [0.1, 0.15) is 0 Å². The summed E-state index contributed by atoms with van der Waals surface area (Å²) in [5.74, 6) is 1.31. The average Bonchev–Trinajstić information content (AvgIpc) is 3.12. The second-order valence-electron chi connectivity index (χ2n) is 5.86. The lowest BCUT2D eigenvalue weighted by atomic mass is 10.2. The molecule has 0 aliphatic rings. The number of hydrogen-bond donors (Lipinski definition) is 1. The molecule has 6 nitrogen and oxygen atoms in total. The molecule has 0 saturated heterocycles. The Balaban J connectivity index is 1.51. The Morgan fingerprint density at radius 3 is 2.82 bits per heavy atom. The lowest BCUT2D eigenvalue weighted by Crippen LogP contribution is -2.14. The lowest BCUT2D eigenvalue weighted by molar-refractivity contribution is -0.113. The van der Waals surface area contributed by atoms with Gasteiger partial charge in [-0.2, -0.15) is 0 Å². The van der Waals surface area contributed by atoms with Gasteiger partial charge in [-0.15, -0.1) is 11.3 Å². The highest BCUT2D eigenvalue weighted by Crippen LogP contribution is 2.37. The van der Waals surface area contributed by atoms with Crippen molar-refractivity contribution in [2.24, 2.45) is 0 Å². The molecule has 4 aromatic rings. The minimum absolute atomic E-state index is 0.138. The van der Waals surface area contributed by atoms with Gasteiger partial charge in [-0.1, -0.05) is 30.0 Å². The van der Waals surface area contributed by atoms with Gasteiger partial charge in [0.25, 0.3) is 0 Å². The van der Waals surface area contributed by atoms with Crippen LogP contribution in [-0.2, 0) is 4.79 Å². The van der Waals surface area contributed by atoms with Gasteiger partial charge in [-0.25, -0.2) is 9.97 Å². The summed E-state index contributed by atoms with van der Waals surface area (Å²) in [6.45, 7) is 0. The molecular weight excluding hydrogens is 394 g/mol. The van der Waals surface area contributed by atoms with Gasteiger partial charge >= 0.3 is 0 Å². The zero-order valence-electron chi connectivity index (χ0n) is 15.3. The van der Waals surface area contributed by atoms with E-state index in [9.17, 15) is 4.79 Å². The highest BCUT2D eigenvalue weighted by atomic mass is 32.2. The topological polar surface area (TPSA) is 73.3 Å². The van der Waals surface area contributed by atoms with Crippen LogP contribution in [0.4, 0.5) is 5.69 Å². The molecule has 0 saturated carbocycles. The maximum absolute atomic E-state index is 12.5. The highest BCUT2D eigenvalue weighted by Gasteiger charge is 2.14. The van der Waals surface area contributed by atoms with Crippen LogP contribution in [0.2, 0.25) is 0 Å². The molecule has 2 aromatic carbocycles. The zero-order chi connectivity index (χ0) is 19.5. The summed E-state index contributed by atoms with van der Waals surface area (Å²) >= 11 is 3.04. The average molecular weight is 412 g/mol. The van der Waals surface area contributed by atoms with Crippen molar-refractivity contribution in [2.45, 2.75) is 5.03 Å². The first-order valence-corrected chi connectivity index (χ1v) is 10.3. The largest absolute Gasteiger partial charge is 0.497 e. The Kier molecular flexibility index (Phi) is 5.31. The fourth-order valence-electron chi connectivity index (χ4n) is 2.83. The number of anilines is 1. The van der Waals surface area contributed by atoms with Crippen molar-refractivity contribution in [3.63, 3.8) is 0 Å². The minimum atomic E-state index is -0.138. The molecule has 0 spiro atoms. The van der Waals surface area contributed by atoms with Crippen molar-refractivity contribution >= 4 is 55.0 Å². The summed E-state index contributed by atoms with van der Waals surface area (Å²) < 4.78 is 12.7. The van der Waals surface area contributed by atoms with Crippen LogP contribution >= 0.6 is 23.1 Å². The summed E-state index contributed by atoms with van der Waals surface area (Å²) in [6, 6.07) is 13.4. The van der Waals surface area contributed by atoms with Gasteiger partial charge in [0.05, 0.1) is 35.9 Å². The predicted molar refractivity (Wildman–Crippen MR) is 114 cm³/mol. The summed E-state index contributed by atoms with van der Waals surface area (Å²) in [4.78, 5) is 21.3. The molecule has 1 amide bonds. The summed E-state index contributed by atoms with van der Waals surface area (Å²) in [7, 11) is 3.14. The molecule has 0 aliphatic carbocycles. The van der Waals surface area contributed by atoms with E-state index in [0.717, 1.165) is 25.3 Å². The smallest absolute Gasteiger partial charge is 0.234 e. The quantitative estimate of drug-likeness (QED) is 0.369. The minimum Gasteiger partial charge on any atom is -0.497 e. The fraction of sp³-hybridized carbons (Fsp3) is 0.150. The first-order valence-electron chi connectivity index (χ1n) is 8.46. The third kappa shape index (κ3) is 3.61. The van der Waals surface area contributed by atoms with E-state index < -0.39 is 0 Å². The van der Waals surface area contributed by atoms with Crippen molar-refractivity contribution in [1.29, 1.82) is 0 Å². The van der Waals surface area contributed by atoms with Crippen LogP contribution in [0.5, 0.6) is 11.5 Å². The summed E-state index contributed by atoms with van der Waals surface area (Å²) in [5.41, 5.74) is 1.53. The molecule has 0 aliphatic heterocycles. The second-order valence-corrected chi connectivity index (χ2v) is 7.87. The van der Waals surface area contributed by atoms with Crippen LogP contribution in [-0.4, -0.2) is 35.8 Å². The van der Waals surface area contributed by atoms with Crippen molar-refractivity contribution in [3.05, 3.63) is 48.8 Å². The second kappa shape index (κ2) is 8.04. The predicted octanol–water partition coefficient (Wildman–Crippen LogP) is 4.59. The van der Waals surface area contributed by atoms with Crippen molar-refractivity contribution in [3.8, 4) is 11.5 Å². The first-order chi connectivity index (χ1) is 13.7. The Hall–Kier alpha value is -2.84. The van der Waals surface area contributed by atoms with E-state index in [-0.39, 0.29) is 11.7 Å². The van der Waals surface area contributed by atoms with E-state index in [4.69, 9.17) is 9.47 Å². The third-order valence-electron chi connectivity index (χ3n) is 4.15. The van der Waals surface area contributed by atoms with Crippen molar-refractivity contribution in [1.82, 2.24) is 9.97 Å². The van der Waals surface area contributed by atoms with Crippen LogP contribution in [0.15, 0.2) is 53.8 Å². The van der Waals surface area contributed by atoms with Crippen LogP contribution in [0, 0.1) is 0 Å². The molecule has 0 bridgehead atoms. The molecule has 8 heteroatoms. The van der Waals surface area contributed by atoms with Gasteiger partial charge in [0.1, 0.15) is 22.9 Å². The highest BCUT2D eigenvalue weighted by molar-refractivity contribution is 8.00. The third-order valence-corrected chi connectivity index (χ3v) is 6.43. The van der Waals surface area contributed by atoms with Crippen molar-refractivity contribution < 1.29 is 14.3 Å². The van der Waals surface area contributed by atoms with E-state index in [1.54, 1.807) is 50.1 Å². The molecule has 2 aromatic heterocycles. The standard InChI is InChI=1S/C20H17N3O3S2/c1-25-12-7-8-14(15(9-12)26-2)23-17(24)10-27-20-19-18(21-11-22-20)13-5-3-4-6-16(13)28-19/h3-9,11H,10H2,1-2H3,(H,23,24). The van der Waals surface area contributed by atoms with Gasteiger partial charge in [-0.05, 0) is 18.2 Å². The number of nitrogens with zero attached hydrogens (tertiary/aromatic N) is 2. The van der Waals surface area contributed by atoms with Gasteiger partial charge in [0.15, 0.2) is 0 Å². The molecule has 0 unspecified atom stereocenters. The molecule has 0 atom stereocenters. The normalized spacial score (nSPS) is 10.9. The number of methoxy groups -OCH3 is 2. The Morgan fingerprint density at radius 2 is 2.00 bits per heavy atom. The maximum Gasteiger partial charge on any atom is 0.234 e. The Morgan fingerprint density at radius 1 is 1.14 bits per heavy atom. The van der Waals surface area contributed by atoms with Gasteiger partial charge in [0, 0.05) is 16.2 Å². The number of carbonyl (C=O) groups excluding carboxylic acids is 1. The number of ether oxygens (including phenoxy) is 2. The number of thioether (sulfide) groups is 1. The lowest BCUT2D eigenvalue weighted by Gasteiger charge is -2.11. The van der Waals surface area contributed by atoms with E-state index >= 15 is 0 Å². The van der Waals surface area contributed by atoms with E-state index in [1.807, 2.05) is 12.1 Å². The molecule has 142 valence electrons. The zero-order valence-corrected chi connectivity index (χ0v) is 16.9. The SMILES string of the molecule is COc1ccc(NC(=O)CSc2ncnc3c2sc2ccccc23)c(OC)c1. The van der Waals surface area contributed by atoms with Crippen LogP contribution in [0.3, 0.4) is 0 Å². The monoisotopic (exact) mass is 411 g/mol. The Bertz CT molecular complexity index is 1160. The van der Waals surface area contributed by atoms with E-state index in [1.165, 1.54) is 11.8 Å². The first kappa shape index (κ1) is 18.5. The number of aromatic nitrogens is 2. The molecular formula is C20H17N3O3S2. The fourth-order valence-corrected chi connectivity index (χ4v) is 4.86. The van der Waals surface area contributed by atoms with E-state index in [0.29, 0.717) is 17.2 Å². The number of fused-ring (bicyclic) bond motifs is 3. The number of amides is 1. The number of nitrogens with one attached hydrogen (secondary N) is 1. The van der Waals surface area contributed by atoms with Crippen molar-refractivity contribution in [2.75, 3.05) is 25.3 Å². The van der Waals surface area contributed by atoms with Crippen LogP contribution < -0.4 is 14.8 Å². The Labute approximate surface area is 169 Å². The molecule has 28 heavy (non-hydrogen) atoms. The summed E-state index contributed by atoms with van der Waals surface area (Å²) in [6.07, 6.45) is 1.55. The molecule has 1 N–H and O–H groups in total. The van der Waals surface area contributed by atoms with Gasteiger partial charge < -0.3 is 14.8 Å². The number of hydrogen-bond acceptors (Lipinski definition) is 7. The van der Waals surface area contributed by atoms with Gasteiger partial charge in [-0.3, -0.25) is 4.79 Å². The number of rotatable bonds is 6. The number of thiophene rings is 1.